The summed E-state index contributed by atoms with van der Waals surface area (Å²) in [6.07, 6.45) is 1.70. The first kappa shape index (κ1) is 25.1. The van der Waals surface area contributed by atoms with E-state index in [4.69, 9.17) is 21.1 Å². The Labute approximate surface area is 224 Å². The molecule has 4 heterocycles. The molecule has 198 valence electrons. The van der Waals surface area contributed by atoms with Gasteiger partial charge < -0.3 is 14.0 Å². The Morgan fingerprint density at radius 2 is 1.84 bits per heavy atom. The Morgan fingerprint density at radius 3 is 2.53 bits per heavy atom. The van der Waals surface area contributed by atoms with Gasteiger partial charge in [-0.3, -0.25) is 4.79 Å². The Kier molecular flexibility index (Phi) is 6.07. The number of nitrogens with zero attached hydrogens (tertiary/aromatic N) is 4. The Hall–Kier alpha value is -3.24. The van der Waals surface area contributed by atoms with Crippen LogP contribution in [0.3, 0.4) is 0 Å². The molecular weight excluding hydrogens is 531 g/mol. The molecule has 38 heavy (non-hydrogen) atoms. The van der Waals surface area contributed by atoms with Crippen molar-refractivity contribution < 1.29 is 22.1 Å². The third-order valence-corrected chi connectivity index (χ3v) is 9.50. The van der Waals surface area contributed by atoms with Gasteiger partial charge in [-0.05, 0) is 69.0 Å². The average Bonchev–Trinajstić information content (AvgIpc) is 3.52. The zero-order valence-electron chi connectivity index (χ0n) is 20.9. The van der Waals surface area contributed by atoms with Crippen molar-refractivity contribution in [1.29, 1.82) is 0 Å². The van der Waals surface area contributed by atoms with Gasteiger partial charge in [0.2, 0.25) is 5.91 Å². The van der Waals surface area contributed by atoms with Crippen LogP contribution in [0.2, 0.25) is 5.02 Å². The van der Waals surface area contributed by atoms with Crippen LogP contribution in [-0.2, 0) is 14.6 Å². The molecule has 6 rings (SSSR count). The molecule has 2 aliphatic rings. The SMILES string of the molecule is Cc1noc(C)c1-c1ccc2c(c1)nc([C@@H]1CCC(=O)N1c1cc(F)cc(Cl)c1)n2C1CCS(=O)(=O)CC1. The van der Waals surface area contributed by atoms with Crippen LogP contribution in [0, 0.1) is 19.7 Å². The lowest BCUT2D eigenvalue weighted by molar-refractivity contribution is -0.117. The van der Waals surface area contributed by atoms with Gasteiger partial charge in [0, 0.05) is 28.7 Å². The first-order chi connectivity index (χ1) is 18.1. The third kappa shape index (κ3) is 4.29. The number of carbonyl (C=O) groups is 1. The Morgan fingerprint density at radius 1 is 1.08 bits per heavy atom. The van der Waals surface area contributed by atoms with Gasteiger partial charge in [0.05, 0.1) is 34.3 Å². The summed E-state index contributed by atoms with van der Waals surface area (Å²) in [6, 6.07) is 9.48. The Bertz CT molecular complexity index is 1640. The average molecular weight is 557 g/mol. The van der Waals surface area contributed by atoms with E-state index in [2.05, 4.69) is 9.72 Å². The molecule has 11 heteroatoms. The quantitative estimate of drug-likeness (QED) is 0.319. The first-order valence-corrected chi connectivity index (χ1v) is 14.7. The van der Waals surface area contributed by atoms with Gasteiger partial charge >= 0.3 is 0 Å². The molecule has 8 nitrogen and oxygen atoms in total. The van der Waals surface area contributed by atoms with Crippen LogP contribution < -0.4 is 4.90 Å². The second-order valence-electron chi connectivity index (χ2n) is 10.1. The number of hydrogen-bond acceptors (Lipinski definition) is 6. The van der Waals surface area contributed by atoms with Crippen molar-refractivity contribution in [3.05, 3.63) is 64.5 Å². The molecule has 0 aliphatic carbocycles. The van der Waals surface area contributed by atoms with Crippen LogP contribution in [0.15, 0.2) is 40.9 Å². The molecule has 2 aromatic heterocycles. The van der Waals surface area contributed by atoms with E-state index in [1.807, 2.05) is 32.0 Å². The van der Waals surface area contributed by atoms with Gasteiger partial charge in [-0.2, -0.15) is 0 Å². The maximum Gasteiger partial charge on any atom is 0.227 e. The number of imidazole rings is 1. The lowest BCUT2D eigenvalue weighted by atomic mass is 10.0. The highest BCUT2D eigenvalue weighted by Gasteiger charge is 2.39. The number of sulfone groups is 1. The van der Waals surface area contributed by atoms with Gasteiger partial charge in [-0.15, -0.1) is 0 Å². The van der Waals surface area contributed by atoms with Crippen molar-refractivity contribution in [3.8, 4) is 11.1 Å². The van der Waals surface area contributed by atoms with E-state index < -0.39 is 21.7 Å². The molecule has 2 saturated heterocycles. The van der Waals surface area contributed by atoms with Crippen LogP contribution in [0.1, 0.15) is 55.0 Å². The van der Waals surface area contributed by atoms with Crippen LogP contribution in [0.25, 0.3) is 22.2 Å². The standard InChI is InChI=1S/C27H26ClFN4O4S/c1-15-26(16(2)37-31-15)17-3-4-23-22(11-17)30-27(33(23)20-7-9-38(35,36)10-8-20)24-5-6-25(34)32(24)21-13-18(28)12-19(29)14-21/h3-4,11-14,20,24H,5-10H2,1-2H3/t24-/m0/s1. The zero-order valence-corrected chi connectivity index (χ0v) is 22.5. The van der Waals surface area contributed by atoms with E-state index in [1.165, 1.54) is 12.1 Å². The van der Waals surface area contributed by atoms with Crippen LogP contribution in [0.4, 0.5) is 10.1 Å². The molecule has 2 fully saturated rings. The minimum absolute atomic E-state index is 0.0980. The molecule has 0 unspecified atom stereocenters. The lowest BCUT2D eigenvalue weighted by Crippen LogP contribution is -2.32. The van der Waals surface area contributed by atoms with Gasteiger partial charge in [0.1, 0.15) is 27.2 Å². The summed E-state index contributed by atoms with van der Waals surface area (Å²) in [5, 5.41) is 4.27. The number of carbonyl (C=O) groups excluding carboxylic acids is 1. The molecular formula is C27H26ClFN4O4S. The minimum atomic E-state index is -3.08. The van der Waals surface area contributed by atoms with Crippen LogP contribution >= 0.6 is 11.6 Å². The summed E-state index contributed by atoms with van der Waals surface area (Å²) < 4.78 is 46.2. The highest BCUT2D eigenvalue weighted by molar-refractivity contribution is 7.91. The third-order valence-electron chi connectivity index (χ3n) is 7.56. The fourth-order valence-corrected chi connectivity index (χ4v) is 7.54. The molecule has 2 aromatic carbocycles. The summed E-state index contributed by atoms with van der Waals surface area (Å²) >= 11 is 6.14. The smallest absolute Gasteiger partial charge is 0.227 e. The number of anilines is 1. The van der Waals surface area contributed by atoms with Crippen molar-refractivity contribution in [2.45, 2.75) is 51.6 Å². The van der Waals surface area contributed by atoms with Gasteiger partial charge in [0.25, 0.3) is 0 Å². The normalized spacial score (nSPS) is 20.1. The largest absolute Gasteiger partial charge is 0.361 e. The van der Waals surface area contributed by atoms with Gasteiger partial charge in [0.15, 0.2) is 0 Å². The maximum atomic E-state index is 14.3. The highest BCUT2D eigenvalue weighted by atomic mass is 35.5. The number of hydrogen-bond donors (Lipinski definition) is 0. The highest BCUT2D eigenvalue weighted by Crippen LogP contribution is 2.42. The van der Waals surface area contributed by atoms with E-state index in [9.17, 15) is 17.6 Å². The summed E-state index contributed by atoms with van der Waals surface area (Å²) in [6.45, 7) is 3.74. The predicted molar refractivity (Wildman–Crippen MR) is 142 cm³/mol. The van der Waals surface area contributed by atoms with Crippen molar-refractivity contribution in [2.24, 2.45) is 0 Å². The number of aryl methyl sites for hydroxylation is 2. The van der Waals surface area contributed by atoms with Crippen molar-refractivity contribution >= 4 is 44.1 Å². The fourth-order valence-electron chi connectivity index (χ4n) is 5.85. The van der Waals surface area contributed by atoms with E-state index in [1.54, 1.807) is 11.0 Å². The van der Waals surface area contributed by atoms with Crippen molar-refractivity contribution in [3.63, 3.8) is 0 Å². The number of halogens is 2. The number of fused-ring (bicyclic) bond motifs is 1. The molecule has 0 N–H and O–H groups in total. The first-order valence-electron chi connectivity index (χ1n) is 12.5. The number of amides is 1. The number of benzene rings is 2. The van der Waals surface area contributed by atoms with E-state index in [0.717, 1.165) is 27.9 Å². The molecule has 0 spiro atoms. The molecule has 1 amide bonds. The second-order valence-corrected chi connectivity index (χ2v) is 12.8. The minimum Gasteiger partial charge on any atom is -0.361 e. The molecule has 1 atom stereocenters. The van der Waals surface area contributed by atoms with Gasteiger partial charge in [-0.1, -0.05) is 22.8 Å². The molecule has 0 saturated carbocycles. The topological polar surface area (TPSA) is 98.3 Å². The number of aromatic nitrogens is 3. The molecule has 0 radical (unpaired) electrons. The van der Waals surface area contributed by atoms with E-state index in [0.29, 0.717) is 36.5 Å². The Balaban J connectivity index is 1.52. The van der Waals surface area contributed by atoms with Crippen molar-refractivity contribution in [1.82, 2.24) is 14.7 Å². The predicted octanol–water partition coefficient (Wildman–Crippen LogP) is 5.72. The maximum absolute atomic E-state index is 14.3. The second kappa shape index (κ2) is 9.20. The summed E-state index contributed by atoms with van der Waals surface area (Å²) in [5.74, 6) is 0.890. The summed E-state index contributed by atoms with van der Waals surface area (Å²) in [4.78, 5) is 19.7. The van der Waals surface area contributed by atoms with Gasteiger partial charge in [-0.25, -0.2) is 17.8 Å². The van der Waals surface area contributed by atoms with E-state index in [-0.39, 0.29) is 34.9 Å². The molecule has 0 bridgehead atoms. The van der Waals surface area contributed by atoms with Crippen LogP contribution in [0.5, 0.6) is 0 Å². The summed E-state index contributed by atoms with van der Waals surface area (Å²) in [5.41, 5.74) is 4.54. The molecule has 4 aromatic rings. The fraction of sp³-hybridized carbons (Fsp3) is 0.370. The lowest BCUT2D eigenvalue weighted by Gasteiger charge is -2.30. The van der Waals surface area contributed by atoms with Crippen LogP contribution in [-0.4, -0.2) is 40.5 Å². The molecule has 2 aliphatic heterocycles. The number of rotatable bonds is 4. The zero-order chi connectivity index (χ0) is 26.8. The van der Waals surface area contributed by atoms with Crippen molar-refractivity contribution in [2.75, 3.05) is 16.4 Å². The summed E-state index contributed by atoms with van der Waals surface area (Å²) in [7, 11) is -3.08. The van der Waals surface area contributed by atoms with E-state index >= 15 is 0 Å². The monoisotopic (exact) mass is 556 g/mol.